The van der Waals surface area contributed by atoms with Gasteiger partial charge < -0.3 is 9.64 Å². The van der Waals surface area contributed by atoms with E-state index in [1.807, 2.05) is 12.1 Å². The first kappa shape index (κ1) is 20.9. The normalized spacial score (nSPS) is 13.7. The molecule has 0 atom stereocenters. The lowest BCUT2D eigenvalue weighted by Gasteiger charge is -2.25. The van der Waals surface area contributed by atoms with E-state index in [0.717, 1.165) is 47.7 Å². The van der Waals surface area contributed by atoms with Crippen LogP contribution in [-0.4, -0.2) is 30.2 Å². The highest BCUT2D eigenvalue weighted by atomic mass is 35.5. The highest BCUT2D eigenvalue weighted by molar-refractivity contribution is 6.32. The number of aromatic nitrogens is 2. The number of rotatable bonds is 7. The van der Waals surface area contributed by atoms with Crippen LogP contribution in [0.5, 0.6) is 6.01 Å². The van der Waals surface area contributed by atoms with E-state index in [1.54, 1.807) is 7.11 Å². The summed E-state index contributed by atoms with van der Waals surface area (Å²) in [6, 6.07) is 8.86. The number of hydrogen-bond donors (Lipinski definition) is 0. The number of nitrogens with zero attached hydrogens (tertiary/aromatic N) is 3. The number of anilines is 1. The maximum Gasteiger partial charge on any atom is 0.318 e. The monoisotopic (exact) mass is 423 g/mol. The largest absolute Gasteiger partial charge is 0.467 e. The van der Waals surface area contributed by atoms with Gasteiger partial charge in [-0.1, -0.05) is 36.2 Å². The van der Waals surface area contributed by atoms with Crippen molar-refractivity contribution in [3.63, 3.8) is 0 Å². The van der Waals surface area contributed by atoms with Gasteiger partial charge in [-0.05, 0) is 74.8 Å². The molecule has 0 radical (unpaired) electrons. The summed E-state index contributed by atoms with van der Waals surface area (Å²) in [4.78, 5) is 12.0. The average Bonchev–Trinajstić information content (AvgIpc) is 3.50. The molecule has 4 rings (SSSR count). The molecule has 0 amide bonds. The Morgan fingerprint density at radius 1 is 1.07 bits per heavy atom. The van der Waals surface area contributed by atoms with Gasteiger partial charge in [-0.15, -0.1) is 0 Å². The Hall–Kier alpha value is -2.33. The second kappa shape index (κ2) is 8.43. The number of halogens is 1. The lowest BCUT2D eigenvalue weighted by molar-refractivity contribution is 0.381. The predicted molar refractivity (Wildman–Crippen MR) is 126 cm³/mol. The Morgan fingerprint density at radius 2 is 1.77 bits per heavy atom. The number of benzene rings is 2. The standard InChI is InChI=1S/C25H30ClN3O/c1-6-9-29(14-18-7-8-18)24-21-13-19(26)12-20(23(21)27-25(28-24)30-5)22-16(3)10-15(2)11-17(22)4/h10-13,18H,6-9,14H2,1-5H3. The molecule has 0 aliphatic heterocycles. The lowest BCUT2D eigenvalue weighted by Crippen LogP contribution is -2.28. The molecular formula is C25H30ClN3O. The zero-order valence-electron chi connectivity index (χ0n) is 18.6. The minimum Gasteiger partial charge on any atom is -0.467 e. The fraction of sp³-hybridized carbons (Fsp3) is 0.440. The highest BCUT2D eigenvalue weighted by Crippen LogP contribution is 2.40. The van der Waals surface area contributed by atoms with E-state index in [-0.39, 0.29) is 0 Å². The average molecular weight is 424 g/mol. The highest BCUT2D eigenvalue weighted by Gasteiger charge is 2.27. The van der Waals surface area contributed by atoms with Crippen molar-refractivity contribution >= 4 is 28.3 Å². The molecule has 0 saturated heterocycles. The Labute approximate surface area is 184 Å². The third-order valence-corrected chi connectivity index (χ3v) is 6.04. The summed E-state index contributed by atoms with van der Waals surface area (Å²) >= 11 is 6.65. The van der Waals surface area contributed by atoms with E-state index in [1.165, 1.54) is 35.1 Å². The van der Waals surface area contributed by atoms with Crippen molar-refractivity contribution in [2.45, 2.75) is 47.0 Å². The molecule has 0 bridgehead atoms. The molecule has 3 aromatic rings. The zero-order chi connectivity index (χ0) is 21.4. The maximum absolute atomic E-state index is 6.65. The smallest absolute Gasteiger partial charge is 0.318 e. The fourth-order valence-electron chi connectivity index (χ4n) is 4.46. The van der Waals surface area contributed by atoms with E-state index >= 15 is 0 Å². The van der Waals surface area contributed by atoms with E-state index in [9.17, 15) is 0 Å². The first-order valence-electron chi connectivity index (χ1n) is 10.8. The van der Waals surface area contributed by atoms with Crippen LogP contribution < -0.4 is 9.64 Å². The summed E-state index contributed by atoms with van der Waals surface area (Å²) in [6.45, 7) is 10.6. The lowest BCUT2D eigenvalue weighted by atomic mass is 9.92. The summed E-state index contributed by atoms with van der Waals surface area (Å²) in [6.07, 6.45) is 3.66. The number of aryl methyl sites for hydroxylation is 3. The number of methoxy groups -OCH3 is 1. The van der Waals surface area contributed by atoms with Crippen molar-refractivity contribution < 1.29 is 4.74 Å². The van der Waals surface area contributed by atoms with E-state index in [0.29, 0.717) is 11.0 Å². The van der Waals surface area contributed by atoms with E-state index in [4.69, 9.17) is 26.3 Å². The van der Waals surface area contributed by atoms with Crippen LogP contribution in [-0.2, 0) is 0 Å². The third kappa shape index (κ3) is 4.11. The fourth-order valence-corrected chi connectivity index (χ4v) is 4.67. The summed E-state index contributed by atoms with van der Waals surface area (Å²) < 4.78 is 5.53. The summed E-state index contributed by atoms with van der Waals surface area (Å²) in [5.74, 6) is 1.68. The molecule has 158 valence electrons. The first-order chi connectivity index (χ1) is 14.4. The van der Waals surface area contributed by atoms with Crippen LogP contribution in [0.15, 0.2) is 24.3 Å². The van der Waals surface area contributed by atoms with Crippen LogP contribution in [0.4, 0.5) is 5.82 Å². The molecule has 1 fully saturated rings. The van der Waals surface area contributed by atoms with Gasteiger partial charge in [0.15, 0.2) is 0 Å². The van der Waals surface area contributed by atoms with Crippen molar-refractivity contribution in [2.75, 3.05) is 25.1 Å². The van der Waals surface area contributed by atoms with Gasteiger partial charge in [-0.2, -0.15) is 9.97 Å². The number of hydrogen-bond acceptors (Lipinski definition) is 4. The first-order valence-corrected chi connectivity index (χ1v) is 11.2. The SMILES string of the molecule is CCCN(CC1CC1)c1nc(OC)nc2c(-c3c(C)cc(C)cc3C)cc(Cl)cc12. The molecule has 1 saturated carbocycles. The van der Waals surface area contributed by atoms with Crippen LogP contribution >= 0.6 is 11.6 Å². The summed E-state index contributed by atoms with van der Waals surface area (Å²) in [7, 11) is 1.63. The van der Waals surface area contributed by atoms with E-state index in [2.05, 4.69) is 44.7 Å². The molecule has 0 spiro atoms. The minimum atomic E-state index is 0.403. The zero-order valence-corrected chi connectivity index (χ0v) is 19.3. The topological polar surface area (TPSA) is 38.2 Å². The molecule has 5 heteroatoms. The Kier molecular flexibility index (Phi) is 5.88. The van der Waals surface area contributed by atoms with Gasteiger partial charge in [-0.25, -0.2) is 0 Å². The van der Waals surface area contributed by atoms with Gasteiger partial charge in [0.1, 0.15) is 5.82 Å². The van der Waals surface area contributed by atoms with Crippen molar-refractivity contribution in [3.05, 3.63) is 46.0 Å². The van der Waals surface area contributed by atoms with Crippen LogP contribution in [0.3, 0.4) is 0 Å². The molecule has 0 unspecified atom stereocenters. The minimum absolute atomic E-state index is 0.403. The Morgan fingerprint density at radius 3 is 2.37 bits per heavy atom. The van der Waals surface area contributed by atoms with Crippen LogP contribution in [0.25, 0.3) is 22.0 Å². The van der Waals surface area contributed by atoms with Gasteiger partial charge >= 0.3 is 6.01 Å². The third-order valence-electron chi connectivity index (χ3n) is 5.82. The second-order valence-electron chi connectivity index (χ2n) is 8.55. The molecule has 1 aromatic heterocycles. The number of fused-ring (bicyclic) bond motifs is 1. The molecule has 2 aromatic carbocycles. The van der Waals surface area contributed by atoms with Crippen molar-refractivity contribution in [3.8, 4) is 17.1 Å². The molecule has 0 N–H and O–H groups in total. The molecule has 1 aliphatic rings. The van der Waals surface area contributed by atoms with Crippen LogP contribution in [0.2, 0.25) is 5.02 Å². The molecule has 4 nitrogen and oxygen atoms in total. The summed E-state index contributed by atoms with van der Waals surface area (Å²) in [5, 5.41) is 1.70. The Balaban J connectivity index is 2.00. The molecule has 1 aliphatic carbocycles. The Bertz CT molecular complexity index is 1070. The van der Waals surface area contributed by atoms with Crippen LogP contribution in [0.1, 0.15) is 42.9 Å². The van der Waals surface area contributed by atoms with Crippen molar-refractivity contribution in [1.82, 2.24) is 9.97 Å². The van der Waals surface area contributed by atoms with Crippen molar-refractivity contribution in [2.24, 2.45) is 5.92 Å². The maximum atomic E-state index is 6.65. The van der Waals surface area contributed by atoms with Gasteiger partial charge in [0.25, 0.3) is 0 Å². The quantitative estimate of drug-likeness (QED) is 0.434. The predicted octanol–water partition coefficient (Wildman–Crippen LogP) is 6.51. The van der Waals surface area contributed by atoms with Gasteiger partial charge in [-0.3, -0.25) is 0 Å². The van der Waals surface area contributed by atoms with Crippen LogP contribution in [0, 0.1) is 26.7 Å². The molecule has 30 heavy (non-hydrogen) atoms. The van der Waals surface area contributed by atoms with Gasteiger partial charge in [0, 0.05) is 29.1 Å². The van der Waals surface area contributed by atoms with E-state index < -0.39 is 0 Å². The van der Waals surface area contributed by atoms with Crippen molar-refractivity contribution in [1.29, 1.82) is 0 Å². The number of ether oxygens (including phenoxy) is 1. The van der Waals surface area contributed by atoms with Gasteiger partial charge in [0.05, 0.1) is 12.6 Å². The summed E-state index contributed by atoms with van der Waals surface area (Å²) in [5.41, 5.74) is 6.82. The van der Waals surface area contributed by atoms with Gasteiger partial charge in [0.2, 0.25) is 0 Å². The second-order valence-corrected chi connectivity index (χ2v) is 8.98. The molecular weight excluding hydrogens is 394 g/mol. The molecule has 1 heterocycles.